The van der Waals surface area contributed by atoms with Gasteiger partial charge in [-0.2, -0.15) is 5.10 Å². The molecule has 0 unspecified atom stereocenters. The van der Waals surface area contributed by atoms with Crippen LogP contribution in [0.5, 0.6) is 0 Å². The molecule has 1 aliphatic heterocycles. The van der Waals surface area contributed by atoms with E-state index in [-0.39, 0.29) is 11.9 Å². The van der Waals surface area contributed by atoms with Crippen LogP contribution in [0.2, 0.25) is 0 Å². The number of anilines is 1. The molecule has 1 fully saturated rings. The van der Waals surface area contributed by atoms with Gasteiger partial charge in [0.15, 0.2) is 0 Å². The molecule has 2 aromatic rings. The highest BCUT2D eigenvalue weighted by Gasteiger charge is 2.28. The molecule has 0 bridgehead atoms. The molecule has 3 heterocycles. The predicted octanol–water partition coefficient (Wildman–Crippen LogP) is 1.86. The first-order valence-electron chi connectivity index (χ1n) is 7.99. The van der Waals surface area contributed by atoms with Crippen molar-refractivity contribution >= 4 is 11.7 Å². The number of rotatable bonds is 3. The fourth-order valence-electron chi connectivity index (χ4n) is 3.19. The van der Waals surface area contributed by atoms with Crippen molar-refractivity contribution in [3.8, 4) is 0 Å². The van der Waals surface area contributed by atoms with Crippen molar-refractivity contribution in [3.63, 3.8) is 0 Å². The average Bonchev–Trinajstić information content (AvgIpc) is 2.93. The molecule has 3 rings (SSSR count). The summed E-state index contributed by atoms with van der Waals surface area (Å²) in [6, 6.07) is 6.14. The molecule has 0 aliphatic carbocycles. The molecular weight excluding hydrogens is 290 g/mol. The molecule has 1 atom stereocenters. The van der Waals surface area contributed by atoms with E-state index in [1.165, 1.54) is 0 Å². The van der Waals surface area contributed by atoms with Gasteiger partial charge in [0.05, 0.1) is 11.3 Å². The number of pyridine rings is 1. The van der Waals surface area contributed by atoms with Crippen LogP contribution in [0.4, 0.5) is 5.82 Å². The van der Waals surface area contributed by atoms with Gasteiger partial charge in [0.2, 0.25) is 0 Å². The van der Waals surface area contributed by atoms with E-state index in [0.717, 1.165) is 37.4 Å². The Morgan fingerprint density at radius 3 is 2.87 bits per heavy atom. The maximum atomic E-state index is 12.8. The van der Waals surface area contributed by atoms with Crippen LogP contribution >= 0.6 is 0 Å². The van der Waals surface area contributed by atoms with Crippen LogP contribution in [-0.4, -0.2) is 51.8 Å². The standard InChI is InChI=1S/C17H23N5O/c1-13-15(12-20(2)19-13)17(23)21(3)14-7-6-10-22(11-14)16-8-4-5-9-18-16/h4-5,8-9,12,14H,6-7,10-11H2,1-3H3/t14-/m1/s1. The lowest BCUT2D eigenvalue weighted by Crippen LogP contribution is -2.49. The zero-order valence-corrected chi connectivity index (χ0v) is 13.9. The van der Waals surface area contributed by atoms with Crippen LogP contribution in [-0.2, 0) is 7.05 Å². The summed E-state index contributed by atoms with van der Waals surface area (Å²) in [5, 5.41) is 4.27. The van der Waals surface area contributed by atoms with Gasteiger partial charge in [0.25, 0.3) is 5.91 Å². The lowest BCUT2D eigenvalue weighted by Gasteiger charge is -2.38. The maximum absolute atomic E-state index is 12.8. The number of piperidine rings is 1. The first-order valence-corrected chi connectivity index (χ1v) is 7.99. The molecule has 122 valence electrons. The molecule has 0 radical (unpaired) electrons. The summed E-state index contributed by atoms with van der Waals surface area (Å²) in [4.78, 5) is 21.3. The quantitative estimate of drug-likeness (QED) is 0.868. The number of likely N-dealkylation sites (N-methyl/N-ethyl adjacent to an activating group) is 1. The number of nitrogens with zero attached hydrogens (tertiary/aromatic N) is 5. The molecule has 0 spiro atoms. The largest absolute Gasteiger partial charge is 0.355 e. The maximum Gasteiger partial charge on any atom is 0.257 e. The Labute approximate surface area is 136 Å². The summed E-state index contributed by atoms with van der Waals surface area (Å²) in [7, 11) is 3.73. The van der Waals surface area contributed by atoms with Gasteiger partial charge in [-0.25, -0.2) is 4.98 Å². The third kappa shape index (κ3) is 3.21. The number of carbonyl (C=O) groups excluding carboxylic acids is 1. The Balaban J connectivity index is 1.73. The van der Waals surface area contributed by atoms with Crippen molar-refractivity contribution in [1.82, 2.24) is 19.7 Å². The first-order chi connectivity index (χ1) is 11.1. The van der Waals surface area contributed by atoms with Gasteiger partial charge in [-0.1, -0.05) is 6.07 Å². The Bertz CT molecular complexity index is 682. The Morgan fingerprint density at radius 2 is 2.22 bits per heavy atom. The second-order valence-electron chi connectivity index (χ2n) is 6.15. The average molecular weight is 313 g/mol. The van der Waals surface area contributed by atoms with Crippen LogP contribution in [0.15, 0.2) is 30.6 Å². The summed E-state index contributed by atoms with van der Waals surface area (Å²) in [6.07, 6.45) is 5.69. The molecule has 6 nitrogen and oxygen atoms in total. The number of hydrogen-bond acceptors (Lipinski definition) is 4. The number of carbonyl (C=O) groups is 1. The molecule has 0 N–H and O–H groups in total. The van der Waals surface area contributed by atoms with Crippen LogP contribution in [0.3, 0.4) is 0 Å². The smallest absolute Gasteiger partial charge is 0.257 e. The number of aryl methyl sites for hydroxylation is 2. The molecule has 0 aromatic carbocycles. The minimum absolute atomic E-state index is 0.0449. The van der Waals surface area contributed by atoms with E-state index < -0.39 is 0 Å². The molecule has 1 aliphatic rings. The Hall–Kier alpha value is -2.37. The van der Waals surface area contributed by atoms with Gasteiger partial charge in [-0.15, -0.1) is 0 Å². The van der Waals surface area contributed by atoms with E-state index in [1.54, 1.807) is 10.9 Å². The topological polar surface area (TPSA) is 54.3 Å². The fraction of sp³-hybridized carbons (Fsp3) is 0.471. The van der Waals surface area contributed by atoms with E-state index in [2.05, 4.69) is 15.0 Å². The lowest BCUT2D eigenvalue weighted by atomic mass is 10.0. The highest BCUT2D eigenvalue weighted by Crippen LogP contribution is 2.21. The van der Waals surface area contributed by atoms with E-state index in [1.807, 2.05) is 50.3 Å². The Kier molecular flexibility index (Phi) is 4.32. The van der Waals surface area contributed by atoms with Crippen molar-refractivity contribution in [2.24, 2.45) is 7.05 Å². The second-order valence-corrected chi connectivity index (χ2v) is 6.15. The van der Waals surface area contributed by atoms with Gasteiger partial charge in [-0.3, -0.25) is 9.48 Å². The van der Waals surface area contributed by atoms with Crippen molar-refractivity contribution in [3.05, 3.63) is 41.9 Å². The first kappa shape index (κ1) is 15.5. The van der Waals surface area contributed by atoms with E-state index >= 15 is 0 Å². The third-order valence-corrected chi connectivity index (χ3v) is 4.48. The minimum atomic E-state index is 0.0449. The SMILES string of the molecule is Cc1nn(C)cc1C(=O)N(C)[C@@H]1CCCN(c2ccccn2)C1. The molecule has 2 aromatic heterocycles. The number of amides is 1. The highest BCUT2D eigenvalue weighted by atomic mass is 16.2. The number of aromatic nitrogens is 3. The lowest BCUT2D eigenvalue weighted by molar-refractivity contribution is 0.0716. The van der Waals surface area contributed by atoms with E-state index in [4.69, 9.17) is 0 Å². The van der Waals surface area contributed by atoms with Crippen molar-refractivity contribution < 1.29 is 4.79 Å². The minimum Gasteiger partial charge on any atom is -0.355 e. The van der Waals surface area contributed by atoms with Crippen LogP contribution < -0.4 is 4.90 Å². The van der Waals surface area contributed by atoms with Gasteiger partial charge in [0, 0.05) is 45.6 Å². The van der Waals surface area contributed by atoms with Gasteiger partial charge >= 0.3 is 0 Å². The normalized spacial score (nSPS) is 18.0. The zero-order chi connectivity index (χ0) is 16.4. The molecule has 6 heteroatoms. The van der Waals surface area contributed by atoms with Gasteiger partial charge in [0.1, 0.15) is 5.82 Å². The predicted molar refractivity (Wildman–Crippen MR) is 89.5 cm³/mol. The summed E-state index contributed by atoms with van der Waals surface area (Å²) in [5.41, 5.74) is 1.46. The second kappa shape index (κ2) is 6.40. The van der Waals surface area contributed by atoms with Crippen LogP contribution in [0.1, 0.15) is 28.9 Å². The zero-order valence-electron chi connectivity index (χ0n) is 13.9. The van der Waals surface area contributed by atoms with Gasteiger partial charge in [-0.05, 0) is 31.9 Å². The van der Waals surface area contributed by atoms with E-state index in [0.29, 0.717) is 5.56 Å². The molecular formula is C17H23N5O. The van der Waals surface area contributed by atoms with Crippen molar-refractivity contribution in [2.45, 2.75) is 25.8 Å². The Morgan fingerprint density at radius 1 is 1.39 bits per heavy atom. The van der Waals surface area contributed by atoms with Gasteiger partial charge < -0.3 is 9.80 Å². The third-order valence-electron chi connectivity index (χ3n) is 4.48. The number of hydrogen-bond donors (Lipinski definition) is 0. The highest BCUT2D eigenvalue weighted by molar-refractivity contribution is 5.95. The van der Waals surface area contributed by atoms with E-state index in [9.17, 15) is 4.79 Å². The summed E-state index contributed by atoms with van der Waals surface area (Å²) >= 11 is 0. The molecule has 1 saturated heterocycles. The van der Waals surface area contributed by atoms with Crippen molar-refractivity contribution in [2.75, 3.05) is 25.0 Å². The molecule has 0 saturated carbocycles. The van der Waals surface area contributed by atoms with Crippen molar-refractivity contribution in [1.29, 1.82) is 0 Å². The summed E-state index contributed by atoms with van der Waals surface area (Å²) in [6.45, 7) is 3.68. The molecule has 23 heavy (non-hydrogen) atoms. The fourth-order valence-corrected chi connectivity index (χ4v) is 3.19. The summed E-state index contributed by atoms with van der Waals surface area (Å²) in [5.74, 6) is 1.03. The monoisotopic (exact) mass is 313 g/mol. The van der Waals surface area contributed by atoms with Crippen LogP contribution in [0.25, 0.3) is 0 Å². The van der Waals surface area contributed by atoms with Crippen LogP contribution in [0, 0.1) is 6.92 Å². The molecule has 1 amide bonds. The summed E-state index contributed by atoms with van der Waals surface area (Å²) < 4.78 is 1.69.